The van der Waals surface area contributed by atoms with Gasteiger partial charge in [-0.25, -0.2) is 0 Å². The number of nitrogens with zero attached hydrogens (tertiary/aromatic N) is 2. The lowest BCUT2D eigenvalue weighted by atomic mass is 10.4. The first kappa shape index (κ1) is 13.0. The van der Waals surface area contributed by atoms with Crippen molar-refractivity contribution in [3.8, 4) is 0 Å². The lowest BCUT2D eigenvalue weighted by molar-refractivity contribution is -0.144. The third-order valence-electron chi connectivity index (χ3n) is 1.69. The molecule has 0 fully saturated rings. The molecule has 1 aromatic heterocycles. The predicted octanol–water partition coefficient (Wildman–Crippen LogP) is 0.502. The average molecular weight is 245 g/mol. The molecule has 1 rings (SSSR count). The van der Waals surface area contributed by atoms with E-state index in [0.29, 0.717) is 29.8 Å². The van der Waals surface area contributed by atoms with Gasteiger partial charge in [-0.05, 0) is 6.92 Å². The first-order valence-electron chi connectivity index (χ1n) is 4.92. The van der Waals surface area contributed by atoms with Crippen LogP contribution in [0.5, 0.6) is 0 Å². The molecule has 0 amide bonds. The molecule has 1 heterocycles. The molecule has 0 radical (unpaired) electrons. The zero-order valence-electron chi connectivity index (χ0n) is 9.30. The fraction of sp³-hybridized carbons (Fsp3) is 0.667. The summed E-state index contributed by atoms with van der Waals surface area (Å²) in [6, 6.07) is -0.599. The Balaban J connectivity index is 2.22. The van der Waals surface area contributed by atoms with Gasteiger partial charge in [-0.2, -0.15) is 16.7 Å². The number of carbonyl (C=O) groups excluding carboxylic acids is 1. The number of rotatable bonds is 6. The molecule has 0 saturated heterocycles. The molecular weight excluding hydrogens is 230 g/mol. The van der Waals surface area contributed by atoms with Crippen LogP contribution in [0.25, 0.3) is 0 Å². The van der Waals surface area contributed by atoms with E-state index in [4.69, 9.17) is 15.0 Å². The number of hydrogen-bond donors (Lipinski definition) is 1. The van der Waals surface area contributed by atoms with Gasteiger partial charge in [0.25, 0.3) is 0 Å². The van der Waals surface area contributed by atoms with Gasteiger partial charge in [0.2, 0.25) is 5.89 Å². The van der Waals surface area contributed by atoms with Crippen molar-refractivity contribution in [1.29, 1.82) is 0 Å². The van der Waals surface area contributed by atoms with E-state index in [1.807, 2.05) is 0 Å². The van der Waals surface area contributed by atoms with E-state index in [2.05, 4.69) is 10.1 Å². The van der Waals surface area contributed by atoms with Crippen LogP contribution in [0, 0.1) is 6.92 Å². The third-order valence-corrected chi connectivity index (χ3v) is 2.74. The van der Waals surface area contributed by atoms with Crippen molar-refractivity contribution in [3.63, 3.8) is 0 Å². The van der Waals surface area contributed by atoms with Crippen molar-refractivity contribution in [2.75, 3.05) is 12.4 Å². The Morgan fingerprint density at radius 3 is 3.00 bits per heavy atom. The second-order valence-electron chi connectivity index (χ2n) is 3.10. The summed E-state index contributed by atoms with van der Waals surface area (Å²) in [7, 11) is 0. The molecular formula is C9H15N3O3S. The number of thioether (sulfide) groups is 1. The number of hydrogen-bond acceptors (Lipinski definition) is 7. The van der Waals surface area contributed by atoms with E-state index in [9.17, 15) is 4.79 Å². The summed E-state index contributed by atoms with van der Waals surface area (Å²) in [4.78, 5) is 15.2. The first-order chi connectivity index (χ1) is 7.63. The molecule has 0 aliphatic carbocycles. The normalized spacial score (nSPS) is 12.4. The average Bonchev–Trinajstić information content (AvgIpc) is 2.64. The number of aryl methyl sites for hydroxylation is 1. The standard InChI is InChI=1S/C9H15N3O3S/c1-3-14-9(13)7(10)4-16-5-8-11-6(2)15-12-8/h7H,3-5,10H2,1-2H3. The van der Waals surface area contributed by atoms with Crippen molar-refractivity contribution in [2.45, 2.75) is 25.6 Å². The van der Waals surface area contributed by atoms with Crippen molar-refractivity contribution < 1.29 is 14.1 Å². The van der Waals surface area contributed by atoms with Crippen LogP contribution in [0.2, 0.25) is 0 Å². The van der Waals surface area contributed by atoms with Crippen LogP contribution < -0.4 is 5.73 Å². The van der Waals surface area contributed by atoms with Gasteiger partial charge in [0, 0.05) is 12.7 Å². The molecule has 1 atom stereocenters. The molecule has 0 aliphatic rings. The third kappa shape index (κ3) is 4.19. The largest absolute Gasteiger partial charge is 0.465 e. The topological polar surface area (TPSA) is 91.2 Å². The maximum atomic E-state index is 11.2. The highest BCUT2D eigenvalue weighted by atomic mass is 32.2. The number of esters is 1. The molecule has 7 heteroatoms. The lowest BCUT2D eigenvalue weighted by Crippen LogP contribution is -2.34. The van der Waals surface area contributed by atoms with E-state index in [-0.39, 0.29) is 5.97 Å². The Hall–Kier alpha value is -1.08. The van der Waals surface area contributed by atoms with Gasteiger partial charge in [0.1, 0.15) is 6.04 Å². The smallest absolute Gasteiger partial charge is 0.323 e. The monoisotopic (exact) mass is 245 g/mol. The van der Waals surface area contributed by atoms with Gasteiger partial charge in [0.15, 0.2) is 5.82 Å². The highest BCUT2D eigenvalue weighted by Gasteiger charge is 2.14. The Kier molecular flexibility index (Phi) is 5.27. The highest BCUT2D eigenvalue weighted by Crippen LogP contribution is 2.10. The Morgan fingerprint density at radius 1 is 1.69 bits per heavy atom. The first-order valence-corrected chi connectivity index (χ1v) is 6.08. The van der Waals surface area contributed by atoms with Crippen molar-refractivity contribution >= 4 is 17.7 Å². The molecule has 0 saturated carbocycles. The molecule has 90 valence electrons. The molecule has 0 bridgehead atoms. The summed E-state index contributed by atoms with van der Waals surface area (Å²) < 4.78 is 9.59. The number of carbonyl (C=O) groups is 1. The van der Waals surface area contributed by atoms with Crippen molar-refractivity contribution in [3.05, 3.63) is 11.7 Å². The molecule has 1 unspecified atom stereocenters. The van der Waals surface area contributed by atoms with Crippen LogP contribution in [0.1, 0.15) is 18.6 Å². The van der Waals surface area contributed by atoms with Gasteiger partial charge < -0.3 is 15.0 Å². The molecule has 2 N–H and O–H groups in total. The minimum Gasteiger partial charge on any atom is -0.465 e. The highest BCUT2D eigenvalue weighted by molar-refractivity contribution is 7.98. The summed E-state index contributed by atoms with van der Waals surface area (Å²) >= 11 is 1.47. The molecule has 0 spiro atoms. The Morgan fingerprint density at radius 2 is 2.44 bits per heavy atom. The van der Waals surface area contributed by atoms with Gasteiger partial charge in [-0.3, -0.25) is 4.79 Å². The minimum atomic E-state index is -0.599. The summed E-state index contributed by atoms with van der Waals surface area (Å²) in [5, 5.41) is 3.73. The van der Waals surface area contributed by atoms with E-state index in [0.717, 1.165) is 0 Å². The molecule has 0 aliphatic heterocycles. The predicted molar refractivity (Wildman–Crippen MR) is 59.8 cm³/mol. The second-order valence-corrected chi connectivity index (χ2v) is 4.13. The summed E-state index contributed by atoms with van der Waals surface area (Å²) in [5.74, 6) is 1.82. The number of aromatic nitrogens is 2. The van der Waals surface area contributed by atoms with Crippen LogP contribution in [0.4, 0.5) is 0 Å². The van der Waals surface area contributed by atoms with Crippen molar-refractivity contribution in [1.82, 2.24) is 10.1 Å². The lowest BCUT2D eigenvalue weighted by Gasteiger charge is -2.08. The van der Waals surface area contributed by atoms with Gasteiger partial charge in [-0.15, -0.1) is 0 Å². The molecule has 0 aromatic carbocycles. The van der Waals surface area contributed by atoms with Crippen molar-refractivity contribution in [2.24, 2.45) is 5.73 Å². The zero-order valence-corrected chi connectivity index (χ0v) is 10.1. The maximum absolute atomic E-state index is 11.2. The van der Waals surface area contributed by atoms with Gasteiger partial charge >= 0.3 is 5.97 Å². The van der Waals surface area contributed by atoms with Crippen LogP contribution >= 0.6 is 11.8 Å². The summed E-state index contributed by atoms with van der Waals surface area (Å²) in [6.45, 7) is 3.83. The quantitative estimate of drug-likeness (QED) is 0.730. The Bertz CT molecular complexity index is 342. The van der Waals surface area contributed by atoms with Crippen LogP contribution in [0.3, 0.4) is 0 Å². The zero-order chi connectivity index (χ0) is 12.0. The SMILES string of the molecule is CCOC(=O)C(N)CSCc1noc(C)n1. The summed E-state index contributed by atoms with van der Waals surface area (Å²) in [6.07, 6.45) is 0. The van der Waals surface area contributed by atoms with E-state index in [1.54, 1.807) is 13.8 Å². The van der Waals surface area contributed by atoms with E-state index >= 15 is 0 Å². The molecule has 16 heavy (non-hydrogen) atoms. The second kappa shape index (κ2) is 6.49. The number of nitrogens with two attached hydrogens (primary N) is 1. The van der Waals surface area contributed by atoms with Crippen LogP contribution in [0.15, 0.2) is 4.52 Å². The van der Waals surface area contributed by atoms with E-state index in [1.165, 1.54) is 11.8 Å². The van der Waals surface area contributed by atoms with Gasteiger partial charge in [0.05, 0.1) is 12.4 Å². The fourth-order valence-electron chi connectivity index (χ4n) is 0.994. The van der Waals surface area contributed by atoms with E-state index < -0.39 is 6.04 Å². The van der Waals surface area contributed by atoms with Gasteiger partial charge in [-0.1, -0.05) is 5.16 Å². The minimum absolute atomic E-state index is 0.348. The number of ether oxygens (including phenoxy) is 1. The molecule has 6 nitrogen and oxygen atoms in total. The summed E-state index contributed by atoms with van der Waals surface area (Å²) in [5.41, 5.74) is 5.61. The van der Waals surface area contributed by atoms with Crippen LogP contribution in [-0.4, -0.2) is 34.5 Å². The van der Waals surface area contributed by atoms with Crippen LogP contribution in [-0.2, 0) is 15.3 Å². The molecule has 1 aromatic rings. The fourth-order valence-corrected chi connectivity index (χ4v) is 1.80. The Labute approximate surface area is 97.9 Å². The maximum Gasteiger partial charge on any atom is 0.323 e.